The van der Waals surface area contributed by atoms with Gasteiger partial charge in [0.2, 0.25) is 11.6 Å². The van der Waals surface area contributed by atoms with Crippen molar-refractivity contribution in [3.63, 3.8) is 0 Å². The van der Waals surface area contributed by atoms with E-state index in [2.05, 4.69) is 20.6 Å². The summed E-state index contributed by atoms with van der Waals surface area (Å²) >= 11 is 12.2. The normalized spacial score (nSPS) is 12.3. The van der Waals surface area contributed by atoms with Crippen LogP contribution in [-0.2, 0) is 0 Å². The maximum atomic E-state index is 11.7. The number of benzene rings is 2. The highest BCUT2D eigenvalue weighted by Crippen LogP contribution is 2.38. The maximum absolute atomic E-state index is 11.7. The molecule has 0 atom stereocenters. The molecule has 2 heterocycles. The Balaban J connectivity index is 1.68. The van der Waals surface area contributed by atoms with Crippen molar-refractivity contribution in [1.29, 1.82) is 0 Å². The van der Waals surface area contributed by atoms with Gasteiger partial charge in [-0.25, -0.2) is 9.97 Å². The van der Waals surface area contributed by atoms with Crippen LogP contribution in [0.25, 0.3) is 0 Å². The molecule has 0 aliphatic carbocycles. The van der Waals surface area contributed by atoms with Crippen LogP contribution in [0.2, 0.25) is 10.0 Å². The molecule has 0 fully saturated rings. The Morgan fingerprint density at radius 1 is 1.00 bits per heavy atom. The van der Waals surface area contributed by atoms with Crippen molar-refractivity contribution in [3.05, 3.63) is 62.9 Å². The number of nitrogens with zero attached hydrogens (tertiary/aromatic N) is 3. The van der Waals surface area contributed by atoms with Gasteiger partial charge in [0, 0.05) is 11.8 Å². The molecule has 1 aliphatic heterocycles. The highest BCUT2D eigenvalue weighted by Gasteiger charge is 2.24. The van der Waals surface area contributed by atoms with Gasteiger partial charge in [0.25, 0.3) is 0 Å². The van der Waals surface area contributed by atoms with E-state index in [0.29, 0.717) is 41.1 Å². The van der Waals surface area contributed by atoms with E-state index in [1.165, 1.54) is 6.33 Å². The molecular formula is C18H13Cl2N5O4. The van der Waals surface area contributed by atoms with Gasteiger partial charge < -0.3 is 20.1 Å². The molecule has 0 spiro atoms. The first-order chi connectivity index (χ1) is 14.0. The fourth-order valence-corrected chi connectivity index (χ4v) is 3.07. The standard InChI is InChI=1S/C18H13Cl2N5O4/c19-11-2-1-3-12(15(11)20)24-18-16(25(26)27)17(21-9-22-18)23-10-4-5-13-14(8-10)29-7-6-28-13/h1-5,8-9H,6-7H2,(H2,21,22,23,24). The molecule has 0 amide bonds. The average molecular weight is 434 g/mol. The molecule has 0 saturated heterocycles. The monoisotopic (exact) mass is 433 g/mol. The molecule has 3 aromatic rings. The molecule has 2 aromatic carbocycles. The largest absolute Gasteiger partial charge is 0.486 e. The van der Waals surface area contributed by atoms with E-state index in [0.717, 1.165) is 0 Å². The summed E-state index contributed by atoms with van der Waals surface area (Å²) < 4.78 is 11.0. The Labute approximate surface area is 174 Å². The van der Waals surface area contributed by atoms with Crippen molar-refractivity contribution in [2.75, 3.05) is 23.8 Å². The third-order valence-electron chi connectivity index (χ3n) is 4.01. The third kappa shape index (κ3) is 3.96. The SMILES string of the molecule is O=[N+]([O-])c1c(Nc2ccc3c(c2)OCCO3)ncnc1Nc1cccc(Cl)c1Cl. The Kier molecular flexibility index (Phi) is 5.24. The van der Waals surface area contributed by atoms with Crippen molar-refractivity contribution >= 4 is 51.9 Å². The number of aromatic nitrogens is 2. The summed E-state index contributed by atoms with van der Waals surface area (Å²) in [5, 5.41) is 18.1. The van der Waals surface area contributed by atoms with Gasteiger partial charge in [-0.1, -0.05) is 29.3 Å². The van der Waals surface area contributed by atoms with Gasteiger partial charge in [0.05, 0.1) is 20.7 Å². The number of halogens is 2. The van der Waals surface area contributed by atoms with Gasteiger partial charge in [-0.15, -0.1) is 0 Å². The van der Waals surface area contributed by atoms with E-state index in [1.54, 1.807) is 36.4 Å². The fourth-order valence-electron chi connectivity index (χ4n) is 2.72. The Bertz CT molecular complexity index is 1100. The van der Waals surface area contributed by atoms with E-state index in [4.69, 9.17) is 32.7 Å². The Morgan fingerprint density at radius 3 is 2.48 bits per heavy atom. The van der Waals surface area contributed by atoms with Crippen molar-refractivity contribution in [1.82, 2.24) is 9.97 Å². The van der Waals surface area contributed by atoms with Gasteiger partial charge in [0.1, 0.15) is 19.5 Å². The van der Waals surface area contributed by atoms with E-state index in [1.807, 2.05) is 0 Å². The second-order valence-electron chi connectivity index (χ2n) is 5.89. The molecule has 0 bridgehead atoms. The van der Waals surface area contributed by atoms with E-state index >= 15 is 0 Å². The quantitative estimate of drug-likeness (QED) is 0.429. The zero-order valence-electron chi connectivity index (χ0n) is 14.7. The van der Waals surface area contributed by atoms with Crippen LogP contribution < -0.4 is 20.1 Å². The highest BCUT2D eigenvalue weighted by molar-refractivity contribution is 6.43. The molecular weight excluding hydrogens is 421 g/mol. The van der Waals surface area contributed by atoms with Crippen molar-refractivity contribution in [3.8, 4) is 11.5 Å². The van der Waals surface area contributed by atoms with Crippen LogP contribution >= 0.6 is 23.2 Å². The lowest BCUT2D eigenvalue weighted by Gasteiger charge is -2.19. The summed E-state index contributed by atoms with van der Waals surface area (Å²) in [6.45, 7) is 0.900. The zero-order valence-corrected chi connectivity index (χ0v) is 16.2. The molecule has 1 aliphatic rings. The van der Waals surface area contributed by atoms with Crippen LogP contribution in [0.15, 0.2) is 42.7 Å². The number of anilines is 4. The molecule has 0 unspecified atom stereocenters. The van der Waals surface area contributed by atoms with Crippen LogP contribution in [0.4, 0.5) is 28.7 Å². The number of fused-ring (bicyclic) bond motifs is 1. The molecule has 11 heteroatoms. The minimum Gasteiger partial charge on any atom is -0.486 e. The van der Waals surface area contributed by atoms with Crippen molar-refractivity contribution in [2.24, 2.45) is 0 Å². The Morgan fingerprint density at radius 2 is 1.72 bits per heavy atom. The molecule has 29 heavy (non-hydrogen) atoms. The molecule has 9 nitrogen and oxygen atoms in total. The molecule has 4 rings (SSSR count). The molecule has 0 radical (unpaired) electrons. The lowest BCUT2D eigenvalue weighted by molar-refractivity contribution is -0.383. The average Bonchev–Trinajstić information content (AvgIpc) is 2.71. The molecule has 0 saturated carbocycles. The molecule has 2 N–H and O–H groups in total. The summed E-state index contributed by atoms with van der Waals surface area (Å²) in [5.74, 6) is 1.12. The van der Waals surface area contributed by atoms with Crippen molar-refractivity contribution in [2.45, 2.75) is 0 Å². The lowest BCUT2D eigenvalue weighted by Crippen LogP contribution is -2.15. The predicted octanol–water partition coefficient (Wildman–Crippen LogP) is 4.95. The predicted molar refractivity (Wildman–Crippen MR) is 109 cm³/mol. The second-order valence-corrected chi connectivity index (χ2v) is 6.67. The smallest absolute Gasteiger partial charge is 0.353 e. The number of hydrogen-bond donors (Lipinski definition) is 2. The molecule has 148 valence electrons. The number of nitro groups is 1. The van der Waals surface area contributed by atoms with E-state index < -0.39 is 4.92 Å². The number of hydrogen-bond acceptors (Lipinski definition) is 8. The van der Waals surface area contributed by atoms with Crippen LogP contribution in [0.1, 0.15) is 0 Å². The highest BCUT2D eigenvalue weighted by atomic mass is 35.5. The minimum absolute atomic E-state index is 0.00216. The van der Waals surface area contributed by atoms with Gasteiger partial charge in [-0.3, -0.25) is 10.1 Å². The number of ether oxygens (including phenoxy) is 2. The second kappa shape index (κ2) is 7.98. The van der Waals surface area contributed by atoms with Crippen LogP contribution in [0.3, 0.4) is 0 Å². The first-order valence-corrected chi connectivity index (χ1v) is 9.15. The van der Waals surface area contributed by atoms with E-state index in [-0.39, 0.29) is 22.3 Å². The first kappa shape index (κ1) is 19.0. The summed E-state index contributed by atoms with van der Waals surface area (Å²) in [7, 11) is 0. The maximum Gasteiger partial charge on any atom is 0.353 e. The number of nitrogens with one attached hydrogen (secondary N) is 2. The van der Waals surface area contributed by atoms with Crippen molar-refractivity contribution < 1.29 is 14.4 Å². The minimum atomic E-state index is -0.582. The topological polar surface area (TPSA) is 111 Å². The summed E-state index contributed by atoms with van der Waals surface area (Å²) in [6.07, 6.45) is 1.20. The van der Waals surface area contributed by atoms with Crippen LogP contribution in [0.5, 0.6) is 11.5 Å². The van der Waals surface area contributed by atoms with Gasteiger partial charge in [-0.05, 0) is 24.3 Å². The Hall–Kier alpha value is -3.30. The van der Waals surface area contributed by atoms with Gasteiger partial charge in [0.15, 0.2) is 11.5 Å². The van der Waals surface area contributed by atoms with Crippen LogP contribution in [-0.4, -0.2) is 28.1 Å². The zero-order chi connectivity index (χ0) is 20.4. The lowest BCUT2D eigenvalue weighted by atomic mass is 10.2. The molecule has 1 aromatic heterocycles. The summed E-state index contributed by atoms with van der Waals surface area (Å²) in [4.78, 5) is 19.2. The first-order valence-electron chi connectivity index (χ1n) is 8.40. The number of rotatable bonds is 5. The van der Waals surface area contributed by atoms with E-state index in [9.17, 15) is 10.1 Å². The fraction of sp³-hybridized carbons (Fsp3) is 0.111. The summed E-state index contributed by atoms with van der Waals surface area (Å²) in [5.41, 5.74) is 0.576. The summed E-state index contributed by atoms with van der Waals surface area (Å²) in [6, 6.07) is 10.0. The van der Waals surface area contributed by atoms with Crippen LogP contribution in [0, 0.1) is 10.1 Å². The van der Waals surface area contributed by atoms with Gasteiger partial charge in [-0.2, -0.15) is 0 Å². The third-order valence-corrected chi connectivity index (χ3v) is 4.83. The van der Waals surface area contributed by atoms with Gasteiger partial charge >= 0.3 is 5.69 Å².